The smallest absolute Gasteiger partial charge is 0.146 e. The summed E-state index contributed by atoms with van der Waals surface area (Å²) < 4.78 is 5.54. The number of fused-ring (bicyclic) bond motifs is 1. The van der Waals surface area contributed by atoms with Crippen LogP contribution in [0.5, 0.6) is 0 Å². The Balaban J connectivity index is 1.35. The summed E-state index contributed by atoms with van der Waals surface area (Å²) in [5.74, 6) is 1.83. The molecule has 0 unspecified atom stereocenters. The van der Waals surface area contributed by atoms with Gasteiger partial charge in [-0.3, -0.25) is 9.80 Å². The molecule has 2 saturated heterocycles. The third-order valence-corrected chi connectivity index (χ3v) is 8.13. The van der Waals surface area contributed by atoms with Gasteiger partial charge < -0.3 is 10.1 Å². The molecule has 1 N–H and O–H groups in total. The van der Waals surface area contributed by atoms with Gasteiger partial charge in [0.25, 0.3) is 0 Å². The van der Waals surface area contributed by atoms with E-state index in [4.69, 9.17) is 14.7 Å². The zero-order valence-electron chi connectivity index (χ0n) is 20.6. The number of likely N-dealkylation sites (tertiary alicyclic amines) is 1. The van der Waals surface area contributed by atoms with E-state index in [1.807, 2.05) is 0 Å². The van der Waals surface area contributed by atoms with Gasteiger partial charge in [0.15, 0.2) is 0 Å². The minimum atomic E-state index is 0.320. The van der Waals surface area contributed by atoms with E-state index in [0.717, 1.165) is 74.3 Å². The summed E-state index contributed by atoms with van der Waals surface area (Å²) in [6.07, 6.45) is 2.54. The predicted molar refractivity (Wildman–Crippen MR) is 147 cm³/mol. The van der Waals surface area contributed by atoms with Crippen LogP contribution < -0.4 is 5.32 Å². The molecule has 0 radical (unpaired) electrons. The quantitative estimate of drug-likeness (QED) is 0.348. The van der Waals surface area contributed by atoms with Crippen LogP contribution >= 0.6 is 11.3 Å². The van der Waals surface area contributed by atoms with Gasteiger partial charge in [0.2, 0.25) is 0 Å². The molecular formula is C29H33N5OS. The summed E-state index contributed by atoms with van der Waals surface area (Å²) in [5.41, 5.74) is 3.77. The number of thiophene rings is 1. The second-order valence-corrected chi connectivity index (χ2v) is 10.5. The Morgan fingerprint density at radius 1 is 0.889 bits per heavy atom. The van der Waals surface area contributed by atoms with E-state index < -0.39 is 0 Å². The molecule has 4 heterocycles. The molecule has 2 aromatic carbocycles. The molecule has 1 atom stereocenters. The SMILES string of the molecule is c1ccc(-c2csc3nc(CN4CCOCC4)nc(NC[C@@H](c4ccccc4)N4CCCC4)c23)cc1. The molecule has 7 heteroatoms. The van der Waals surface area contributed by atoms with Gasteiger partial charge in [-0.2, -0.15) is 0 Å². The van der Waals surface area contributed by atoms with Crippen LogP contribution in [0.3, 0.4) is 0 Å². The third kappa shape index (κ3) is 5.15. The lowest BCUT2D eigenvalue weighted by Gasteiger charge is -2.29. The van der Waals surface area contributed by atoms with Crippen molar-refractivity contribution in [2.45, 2.75) is 25.4 Å². The van der Waals surface area contributed by atoms with Crippen molar-refractivity contribution in [3.63, 3.8) is 0 Å². The van der Waals surface area contributed by atoms with Gasteiger partial charge in [0.05, 0.1) is 31.2 Å². The van der Waals surface area contributed by atoms with Crippen molar-refractivity contribution in [2.24, 2.45) is 0 Å². The van der Waals surface area contributed by atoms with E-state index >= 15 is 0 Å². The van der Waals surface area contributed by atoms with E-state index in [2.05, 4.69) is 81.2 Å². The number of anilines is 1. The van der Waals surface area contributed by atoms with Crippen molar-refractivity contribution in [1.82, 2.24) is 19.8 Å². The standard InChI is InChI=1S/C29H33N5OS/c1-3-9-22(10-4-1)24-21-36-29-27(24)28(31-26(32-29)20-33-15-17-35-18-16-33)30-19-25(34-13-7-8-14-34)23-11-5-2-6-12-23/h1-6,9-12,21,25H,7-8,13-20H2,(H,30,31,32)/t25-/m0/s1. The van der Waals surface area contributed by atoms with Gasteiger partial charge in [-0.15, -0.1) is 11.3 Å². The molecule has 0 aliphatic carbocycles. The highest BCUT2D eigenvalue weighted by molar-refractivity contribution is 7.17. The van der Waals surface area contributed by atoms with Crippen LogP contribution in [0.15, 0.2) is 66.0 Å². The van der Waals surface area contributed by atoms with Gasteiger partial charge in [-0.25, -0.2) is 9.97 Å². The third-order valence-electron chi connectivity index (χ3n) is 7.26. The lowest BCUT2D eigenvalue weighted by atomic mass is 10.0. The Bertz CT molecular complexity index is 1270. The zero-order valence-corrected chi connectivity index (χ0v) is 21.4. The van der Waals surface area contributed by atoms with Crippen LogP contribution in [0.4, 0.5) is 5.82 Å². The number of morpholine rings is 1. The Kier molecular flexibility index (Phi) is 7.23. The molecule has 2 aliphatic heterocycles. The summed E-state index contributed by atoms with van der Waals surface area (Å²) in [6.45, 7) is 7.27. The number of rotatable bonds is 8. The fourth-order valence-electron chi connectivity index (χ4n) is 5.35. The first-order valence-corrected chi connectivity index (χ1v) is 13.9. The Morgan fingerprint density at radius 2 is 1.61 bits per heavy atom. The Morgan fingerprint density at radius 3 is 2.36 bits per heavy atom. The molecule has 36 heavy (non-hydrogen) atoms. The van der Waals surface area contributed by atoms with E-state index in [1.165, 1.54) is 29.5 Å². The minimum absolute atomic E-state index is 0.320. The number of aromatic nitrogens is 2. The molecular weight excluding hydrogens is 466 g/mol. The maximum Gasteiger partial charge on any atom is 0.146 e. The van der Waals surface area contributed by atoms with Crippen LogP contribution in [0.1, 0.15) is 30.3 Å². The second-order valence-electron chi connectivity index (χ2n) is 9.62. The molecule has 186 valence electrons. The summed E-state index contributed by atoms with van der Waals surface area (Å²) in [5, 5.41) is 7.17. The second kappa shape index (κ2) is 11.0. The minimum Gasteiger partial charge on any atom is -0.379 e. The zero-order chi connectivity index (χ0) is 24.2. The molecule has 0 amide bonds. The van der Waals surface area contributed by atoms with Crippen LogP contribution in [-0.4, -0.2) is 65.7 Å². The average Bonchev–Trinajstić information content (AvgIpc) is 3.61. The molecule has 2 aliphatic rings. The molecule has 0 spiro atoms. The summed E-state index contributed by atoms with van der Waals surface area (Å²) in [6, 6.07) is 21.8. The van der Waals surface area contributed by atoms with Gasteiger partial charge >= 0.3 is 0 Å². The lowest BCUT2D eigenvalue weighted by Crippen LogP contribution is -2.36. The van der Waals surface area contributed by atoms with E-state index in [-0.39, 0.29) is 0 Å². The highest BCUT2D eigenvalue weighted by atomic mass is 32.1. The van der Waals surface area contributed by atoms with E-state index in [1.54, 1.807) is 11.3 Å². The molecule has 2 aromatic heterocycles. The van der Waals surface area contributed by atoms with Crippen molar-refractivity contribution >= 4 is 27.4 Å². The Labute approximate surface area is 216 Å². The van der Waals surface area contributed by atoms with Crippen molar-refractivity contribution in [3.05, 3.63) is 77.4 Å². The first kappa shape index (κ1) is 23.6. The molecule has 4 aromatic rings. The van der Waals surface area contributed by atoms with Crippen molar-refractivity contribution in [3.8, 4) is 11.1 Å². The number of ether oxygens (including phenoxy) is 1. The first-order valence-electron chi connectivity index (χ1n) is 13.0. The average molecular weight is 500 g/mol. The predicted octanol–water partition coefficient (Wildman–Crippen LogP) is 5.44. The van der Waals surface area contributed by atoms with Crippen LogP contribution in [0.25, 0.3) is 21.3 Å². The van der Waals surface area contributed by atoms with Crippen molar-refractivity contribution in [2.75, 3.05) is 51.3 Å². The number of nitrogens with zero attached hydrogens (tertiary/aromatic N) is 4. The van der Waals surface area contributed by atoms with Gasteiger partial charge in [0, 0.05) is 30.6 Å². The van der Waals surface area contributed by atoms with Gasteiger partial charge in [0.1, 0.15) is 16.5 Å². The maximum atomic E-state index is 5.54. The molecule has 0 bridgehead atoms. The van der Waals surface area contributed by atoms with Crippen molar-refractivity contribution < 1.29 is 4.74 Å². The summed E-state index contributed by atoms with van der Waals surface area (Å²) in [4.78, 5) is 16.2. The lowest BCUT2D eigenvalue weighted by molar-refractivity contribution is 0.0331. The van der Waals surface area contributed by atoms with E-state index in [9.17, 15) is 0 Å². The fourth-order valence-corrected chi connectivity index (χ4v) is 6.32. The Hall–Kier alpha value is -2.84. The molecule has 6 rings (SSSR count). The number of nitrogens with one attached hydrogen (secondary N) is 1. The fraction of sp³-hybridized carbons (Fsp3) is 0.379. The highest BCUT2D eigenvalue weighted by Crippen LogP contribution is 2.37. The summed E-state index contributed by atoms with van der Waals surface area (Å²) >= 11 is 1.71. The number of hydrogen-bond acceptors (Lipinski definition) is 7. The topological polar surface area (TPSA) is 53.5 Å². The number of benzene rings is 2. The molecule has 6 nitrogen and oxygen atoms in total. The maximum absolute atomic E-state index is 5.54. The van der Waals surface area contributed by atoms with Crippen molar-refractivity contribution in [1.29, 1.82) is 0 Å². The van der Waals surface area contributed by atoms with Gasteiger partial charge in [-0.05, 0) is 37.1 Å². The largest absolute Gasteiger partial charge is 0.379 e. The first-order chi connectivity index (χ1) is 17.8. The normalized spacial score (nSPS) is 18.0. The molecule has 0 saturated carbocycles. The van der Waals surface area contributed by atoms with Gasteiger partial charge in [-0.1, -0.05) is 60.7 Å². The summed E-state index contributed by atoms with van der Waals surface area (Å²) in [7, 11) is 0. The highest BCUT2D eigenvalue weighted by Gasteiger charge is 2.25. The van der Waals surface area contributed by atoms with Crippen LogP contribution in [-0.2, 0) is 11.3 Å². The monoisotopic (exact) mass is 499 g/mol. The van der Waals surface area contributed by atoms with Crippen LogP contribution in [0.2, 0.25) is 0 Å². The van der Waals surface area contributed by atoms with E-state index in [0.29, 0.717) is 6.04 Å². The molecule has 2 fully saturated rings. The van der Waals surface area contributed by atoms with Crippen LogP contribution in [0, 0.1) is 0 Å². The number of hydrogen-bond donors (Lipinski definition) is 1.